The molecule has 0 aliphatic carbocycles. The van der Waals surface area contributed by atoms with E-state index < -0.39 is 0 Å². The van der Waals surface area contributed by atoms with Gasteiger partial charge in [0.15, 0.2) is 0 Å². The van der Waals surface area contributed by atoms with E-state index in [1.807, 2.05) is 37.3 Å². The summed E-state index contributed by atoms with van der Waals surface area (Å²) in [5.41, 5.74) is 2.80. The average Bonchev–Trinajstić information content (AvgIpc) is 2.42. The fourth-order valence-electron chi connectivity index (χ4n) is 1.55. The molecule has 0 atom stereocenters. The number of pyridine rings is 1. The fraction of sp³-hybridized carbons (Fsp3) is 0.0667. The molecule has 2 aromatic rings. The summed E-state index contributed by atoms with van der Waals surface area (Å²) in [7, 11) is 0. The van der Waals surface area contributed by atoms with Crippen LogP contribution in [0.2, 0.25) is 0 Å². The number of anilines is 1. The van der Waals surface area contributed by atoms with Crippen LogP contribution in [0.15, 0.2) is 53.3 Å². The van der Waals surface area contributed by atoms with Crippen LogP contribution in [0.5, 0.6) is 0 Å². The number of hydrogen-bond donors (Lipinski definition) is 1. The van der Waals surface area contributed by atoms with Gasteiger partial charge >= 0.3 is 0 Å². The van der Waals surface area contributed by atoms with Crippen molar-refractivity contribution in [2.75, 3.05) is 5.32 Å². The van der Waals surface area contributed by atoms with Gasteiger partial charge in [-0.2, -0.15) is 0 Å². The minimum atomic E-state index is -0.154. The highest BCUT2D eigenvalue weighted by molar-refractivity contribution is 9.10. The third-order valence-corrected chi connectivity index (χ3v) is 3.45. The number of rotatable bonds is 3. The topological polar surface area (TPSA) is 42.0 Å². The Kier molecular flexibility index (Phi) is 4.47. The van der Waals surface area contributed by atoms with Crippen LogP contribution >= 0.6 is 15.9 Å². The summed E-state index contributed by atoms with van der Waals surface area (Å²) >= 11 is 3.42. The summed E-state index contributed by atoms with van der Waals surface area (Å²) in [6, 6.07) is 9.37. The van der Waals surface area contributed by atoms with Crippen LogP contribution in [-0.4, -0.2) is 10.9 Å². The van der Waals surface area contributed by atoms with E-state index in [2.05, 4.69) is 26.2 Å². The zero-order valence-electron chi connectivity index (χ0n) is 10.4. The van der Waals surface area contributed by atoms with Crippen molar-refractivity contribution in [3.63, 3.8) is 0 Å². The zero-order valence-corrected chi connectivity index (χ0v) is 12.0. The summed E-state index contributed by atoms with van der Waals surface area (Å²) in [5.74, 6) is -0.154. The molecule has 96 valence electrons. The van der Waals surface area contributed by atoms with Crippen molar-refractivity contribution in [3.8, 4) is 0 Å². The maximum absolute atomic E-state index is 11.8. The van der Waals surface area contributed by atoms with Gasteiger partial charge in [0.1, 0.15) is 0 Å². The summed E-state index contributed by atoms with van der Waals surface area (Å²) in [5, 5.41) is 2.82. The second-order valence-electron chi connectivity index (χ2n) is 4.07. The summed E-state index contributed by atoms with van der Waals surface area (Å²) in [6.07, 6.45) is 6.64. The number of carbonyl (C=O) groups is 1. The molecule has 0 bridgehead atoms. The van der Waals surface area contributed by atoms with Crippen molar-refractivity contribution in [1.29, 1.82) is 0 Å². The van der Waals surface area contributed by atoms with Crippen molar-refractivity contribution < 1.29 is 4.79 Å². The normalized spacial score (nSPS) is 10.6. The number of halogens is 1. The van der Waals surface area contributed by atoms with Gasteiger partial charge in [-0.05, 0) is 54.5 Å². The lowest BCUT2D eigenvalue weighted by Gasteiger charge is -2.04. The Morgan fingerprint density at radius 3 is 2.68 bits per heavy atom. The van der Waals surface area contributed by atoms with Crippen LogP contribution in [0.3, 0.4) is 0 Å². The van der Waals surface area contributed by atoms with Crippen LogP contribution < -0.4 is 5.32 Å². The third-order valence-electron chi connectivity index (χ3n) is 2.56. The van der Waals surface area contributed by atoms with Gasteiger partial charge in [0.2, 0.25) is 5.91 Å². The predicted molar refractivity (Wildman–Crippen MR) is 80.8 cm³/mol. The fourth-order valence-corrected chi connectivity index (χ4v) is 1.80. The van der Waals surface area contributed by atoms with E-state index in [1.54, 1.807) is 18.5 Å². The van der Waals surface area contributed by atoms with Crippen LogP contribution in [0.4, 0.5) is 5.69 Å². The maximum atomic E-state index is 11.8. The molecule has 0 aliphatic heterocycles. The van der Waals surface area contributed by atoms with Gasteiger partial charge in [0.25, 0.3) is 0 Å². The molecule has 1 aromatic heterocycles. The molecule has 1 heterocycles. The molecule has 0 saturated heterocycles. The molecule has 1 aromatic carbocycles. The van der Waals surface area contributed by atoms with E-state index in [-0.39, 0.29) is 5.91 Å². The number of nitrogens with zero attached hydrogens (tertiary/aromatic N) is 1. The third kappa shape index (κ3) is 4.03. The molecule has 0 saturated carbocycles. The van der Waals surface area contributed by atoms with Gasteiger partial charge in [0, 0.05) is 28.6 Å². The van der Waals surface area contributed by atoms with Crippen molar-refractivity contribution in [1.82, 2.24) is 4.98 Å². The highest BCUT2D eigenvalue weighted by Crippen LogP contribution is 2.19. The number of hydrogen-bond acceptors (Lipinski definition) is 2. The molecule has 3 nitrogen and oxygen atoms in total. The molecular weight excluding hydrogens is 304 g/mol. The molecular formula is C15H13BrN2O. The highest BCUT2D eigenvalue weighted by Gasteiger charge is 2.00. The predicted octanol–water partition coefficient (Wildman–Crippen LogP) is 3.80. The molecule has 2 rings (SSSR count). The van der Waals surface area contributed by atoms with E-state index in [4.69, 9.17) is 0 Å². The molecule has 0 aliphatic rings. The Hall–Kier alpha value is -1.94. The number of benzene rings is 1. The molecule has 1 N–H and O–H groups in total. The molecule has 0 unspecified atom stereocenters. The molecule has 19 heavy (non-hydrogen) atoms. The van der Waals surface area contributed by atoms with Gasteiger partial charge in [-0.15, -0.1) is 0 Å². The van der Waals surface area contributed by atoms with Crippen LogP contribution in [0.1, 0.15) is 11.1 Å². The van der Waals surface area contributed by atoms with Gasteiger partial charge in [-0.3, -0.25) is 9.78 Å². The van der Waals surface area contributed by atoms with Crippen molar-refractivity contribution in [3.05, 3.63) is 64.4 Å². The number of carbonyl (C=O) groups excluding carboxylic acids is 1. The molecule has 4 heteroatoms. The Labute approximate surface area is 120 Å². The Bertz CT molecular complexity index is 609. The SMILES string of the molecule is Cc1cc(NC(=O)/C=C/c2ccncc2)ccc1Br. The summed E-state index contributed by atoms with van der Waals surface area (Å²) < 4.78 is 1.03. The minimum Gasteiger partial charge on any atom is -0.323 e. The van der Waals surface area contributed by atoms with Crippen molar-refractivity contribution in [2.24, 2.45) is 0 Å². The second kappa shape index (κ2) is 6.29. The number of nitrogens with one attached hydrogen (secondary N) is 1. The average molecular weight is 317 g/mol. The first-order valence-corrected chi connectivity index (χ1v) is 6.60. The number of aryl methyl sites for hydroxylation is 1. The Balaban J connectivity index is 2.01. The number of aromatic nitrogens is 1. The quantitative estimate of drug-likeness (QED) is 0.875. The van der Waals surface area contributed by atoms with Gasteiger partial charge in [-0.1, -0.05) is 15.9 Å². The minimum absolute atomic E-state index is 0.154. The first kappa shape index (κ1) is 13.5. The molecule has 0 fully saturated rings. The Morgan fingerprint density at radius 2 is 2.00 bits per heavy atom. The lowest BCUT2D eigenvalue weighted by Crippen LogP contribution is -2.07. The van der Waals surface area contributed by atoms with Crippen molar-refractivity contribution >= 4 is 33.6 Å². The van der Waals surface area contributed by atoms with Gasteiger partial charge in [0.05, 0.1) is 0 Å². The summed E-state index contributed by atoms with van der Waals surface area (Å²) in [6.45, 7) is 1.98. The van der Waals surface area contributed by atoms with E-state index in [0.717, 1.165) is 21.3 Å². The largest absolute Gasteiger partial charge is 0.323 e. The Morgan fingerprint density at radius 1 is 1.26 bits per heavy atom. The lowest BCUT2D eigenvalue weighted by atomic mass is 10.2. The molecule has 0 spiro atoms. The van der Waals surface area contributed by atoms with Crippen LogP contribution in [0.25, 0.3) is 6.08 Å². The molecule has 0 radical (unpaired) electrons. The van der Waals surface area contributed by atoms with Crippen LogP contribution in [-0.2, 0) is 4.79 Å². The molecule has 1 amide bonds. The standard InChI is InChI=1S/C15H13BrN2O/c1-11-10-13(3-4-14(11)16)18-15(19)5-2-12-6-8-17-9-7-12/h2-10H,1H3,(H,18,19)/b5-2+. The van der Waals surface area contributed by atoms with Gasteiger partial charge in [-0.25, -0.2) is 0 Å². The zero-order chi connectivity index (χ0) is 13.7. The van der Waals surface area contributed by atoms with E-state index in [1.165, 1.54) is 6.08 Å². The number of amides is 1. The highest BCUT2D eigenvalue weighted by atomic mass is 79.9. The van der Waals surface area contributed by atoms with E-state index in [0.29, 0.717) is 0 Å². The van der Waals surface area contributed by atoms with E-state index >= 15 is 0 Å². The van der Waals surface area contributed by atoms with Crippen molar-refractivity contribution in [2.45, 2.75) is 6.92 Å². The first-order valence-electron chi connectivity index (χ1n) is 5.80. The second-order valence-corrected chi connectivity index (χ2v) is 4.92. The van der Waals surface area contributed by atoms with Gasteiger partial charge < -0.3 is 5.32 Å². The van der Waals surface area contributed by atoms with E-state index in [9.17, 15) is 4.79 Å². The smallest absolute Gasteiger partial charge is 0.248 e. The lowest BCUT2D eigenvalue weighted by molar-refractivity contribution is -0.111. The monoisotopic (exact) mass is 316 g/mol. The summed E-state index contributed by atoms with van der Waals surface area (Å²) in [4.78, 5) is 15.7. The van der Waals surface area contributed by atoms with Crippen LogP contribution in [0, 0.1) is 6.92 Å². The first-order chi connectivity index (χ1) is 9.15. The maximum Gasteiger partial charge on any atom is 0.248 e.